The van der Waals surface area contributed by atoms with Crippen molar-refractivity contribution in [2.75, 3.05) is 19.6 Å². The predicted molar refractivity (Wildman–Crippen MR) is 114 cm³/mol. The summed E-state index contributed by atoms with van der Waals surface area (Å²) < 4.78 is 1.86. The number of hydrogen-bond acceptors (Lipinski definition) is 4. The van der Waals surface area contributed by atoms with Crippen LogP contribution in [0.5, 0.6) is 0 Å². The molecule has 0 bridgehead atoms. The van der Waals surface area contributed by atoms with Crippen molar-refractivity contribution in [3.8, 4) is 0 Å². The van der Waals surface area contributed by atoms with Gasteiger partial charge in [-0.2, -0.15) is 0 Å². The molecular weight excluding hydrogens is 372 g/mol. The van der Waals surface area contributed by atoms with Crippen molar-refractivity contribution in [2.45, 2.75) is 31.8 Å². The molecule has 0 amide bonds. The Hall–Kier alpha value is -2.21. The van der Waals surface area contributed by atoms with Gasteiger partial charge in [0.2, 0.25) is 0 Å². The molecule has 1 saturated heterocycles. The van der Waals surface area contributed by atoms with Crippen molar-refractivity contribution in [3.05, 3.63) is 75.3 Å². The van der Waals surface area contributed by atoms with Crippen LogP contribution < -0.4 is 11.3 Å². The molecule has 28 heavy (non-hydrogen) atoms. The lowest BCUT2D eigenvalue weighted by Crippen LogP contribution is -2.39. The van der Waals surface area contributed by atoms with E-state index in [1.807, 2.05) is 22.8 Å². The van der Waals surface area contributed by atoms with E-state index in [1.165, 1.54) is 5.56 Å². The highest BCUT2D eigenvalue weighted by molar-refractivity contribution is 6.35. The minimum absolute atomic E-state index is 0.0411. The number of hydrogen-bond donors (Lipinski definition) is 1. The summed E-state index contributed by atoms with van der Waals surface area (Å²) >= 11 is 6.33. The molecule has 2 N–H and O–H groups in total. The zero-order valence-electron chi connectivity index (χ0n) is 15.9. The molecule has 146 valence electrons. The summed E-state index contributed by atoms with van der Waals surface area (Å²) in [6.07, 6.45) is 2.42. The van der Waals surface area contributed by atoms with Crippen molar-refractivity contribution >= 4 is 22.5 Å². The molecule has 1 aliphatic heterocycles. The van der Waals surface area contributed by atoms with Gasteiger partial charge in [-0.15, -0.1) is 0 Å². The molecule has 2 aromatic carbocycles. The highest BCUT2D eigenvalue weighted by Gasteiger charge is 2.25. The quantitative estimate of drug-likeness (QED) is 0.718. The first-order valence-electron chi connectivity index (χ1n) is 9.83. The normalized spacial score (nSPS) is 15.9. The molecular formula is C22H25ClN4O. The van der Waals surface area contributed by atoms with E-state index in [4.69, 9.17) is 22.3 Å². The molecule has 0 unspecified atom stereocenters. The average Bonchev–Trinajstić information content (AvgIpc) is 2.70. The third kappa shape index (κ3) is 3.83. The fourth-order valence-electron chi connectivity index (χ4n) is 4.11. The number of nitrogens with zero attached hydrogens (tertiary/aromatic N) is 3. The second-order valence-electron chi connectivity index (χ2n) is 7.37. The summed E-state index contributed by atoms with van der Waals surface area (Å²) in [6, 6.07) is 16.1. The first kappa shape index (κ1) is 19.1. The summed E-state index contributed by atoms with van der Waals surface area (Å²) in [5.74, 6) is 0.767. The Kier molecular flexibility index (Phi) is 5.76. The van der Waals surface area contributed by atoms with Crippen LogP contribution in [0.3, 0.4) is 0 Å². The smallest absolute Gasteiger partial charge is 0.263 e. The maximum absolute atomic E-state index is 13.3. The van der Waals surface area contributed by atoms with Gasteiger partial charge >= 0.3 is 0 Å². The fraction of sp³-hybridized carbons (Fsp3) is 0.364. The first-order chi connectivity index (χ1) is 13.7. The lowest BCUT2D eigenvalue weighted by atomic mass is 10.0. The standard InChI is InChI=1S/C22H25ClN4O/c23-18-7-4-8-19-21(18)22(28)27(20(25-19)9-12-24)17-10-13-26(14-11-17)15-16-5-2-1-3-6-16/h1-8,17H,9-15,24H2. The van der Waals surface area contributed by atoms with Gasteiger partial charge in [0.15, 0.2) is 0 Å². The van der Waals surface area contributed by atoms with E-state index >= 15 is 0 Å². The Labute approximate surface area is 169 Å². The van der Waals surface area contributed by atoms with Crippen LogP contribution >= 0.6 is 11.6 Å². The van der Waals surface area contributed by atoms with E-state index in [0.29, 0.717) is 28.9 Å². The SMILES string of the molecule is NCCc1nc2cccc(Cl)c2c(=O)n1C1CCN(Cc2ccccc2)CC1. The van der Waals surface area contributed by atoms with E-state index in [9.17, 15) is 4.79 Å². The third-order valence-electron chi connectivity index (χ3n) is 5.49. The minimum atomic E-state index is -0.0411. The van der Waals surface area contributed by atoms with Gasteiger partial charge in [-0.05, 0) is 37.1 Å². The Bertz CT molecular complexity index is 1010. The molecule has 0 radical (unpaired) electrons. The molecule has 1 aliphatic rings. The van der Waals surface area contributed by atoms with Crippen LogP contribution in [-0.4, -0.2) is 34.1 Å². The summed E-state index contributed by atoms with van der Waals surface area (Å²) in [5, 5.41) is 0.973. The Morgan fingerprint density at radius 2 is 1.82 bits per heavy atom. The summed E-state index contributed by atoms with van der Waals surface area (Å²) in [4.78, 5) is 20.5. The highest BCUT2D eigenvalue weighted by atomic mass is 35.5. The van der Waals surface area contributed by atoms with Gasteiger partial charge in [0, 0.05) is 32.1 Å². The molecule has 0 atom stereocenters. The maximum Gasteiger partial charge on any atom is 0.263 e. The number of fused-ring (bicyclic) bond motifs is 1. The zero-order valence-corrected chi connectivity index (χ0v) is 16.6. The second-order valence-corrected chi connectivity index (χ2v) is 7.78. The van der Waals surface area contributed by atoms with Crippen LogP contribution in [0, 0.1) is 0 Å². The molecule has 6 heteroatoms. The molecule has 2 heterocycles. The number of likely N-dealkylation sites (tertiary alicyclic amines) is 1. The number of benzene rings is 2. The van der Waals surface area contributed by atoms with Gasteiger partial charge in [0.1, 0.15) is 5.82 Å². The van der Waals surface area contributed by atoms with Crippen LogP contribution in [0.15, 0.2) is 53.3 Å². The minimum Gasteiger partial charge on any atom is -0.330 e. The van der Waals surface area contributed by atoms with Crippen molar-refractivity contribution in [1.82, 2.24) is 14.5 Å². The van der Waals surface area contributed by atoms with Crippen molar-refractivity contribution < 1.29 is 0 Å². The zero-order chi connectivity index (χ0) is 19.5. The molecule has 0 saturated carbocycles. The summed E-state index contributed by atoms with van der Waals surface area (Å²) in [6.45, 7) is 3.31. The van der Waals surface area contributed by atoms with Crippen LogP contribution in [0.1, 0.15) is 30.3 Å². The Balaban J connectivity index is 1.60. The Morgan fingerprint density at radius 1 is 1.07 bits per heavy atom. The summed E-state index contributed by atoms with van der Waals surface area (Å²) in [7, 11) is 0. The third-order valence-corrected chi connectivity index (χ3v) is 5.81. The monoisotopic (exact) mass is 396 g/mol. The highest BCUT2D eigenvalue weighted by Crippen LogP contribution is 2.26. The Morgan fingerprint density at radius 3 is 2.54 bits per heavy atom. The molecule has 3 aromatic rings. The molecule has 0 spiro atoms. The molecule has 0 aliphatic carbocycles. The molecule has 1 fully saturated rings. The van der Waals surface area contributed by atoms with Crippen molar-refractivity contribution in [3.63, 3.8) is 0 Å². The summed E-state index contributed by atoms with van der Waals surface area (Å²) in [5.41, 5.74) is 7.73. The molecule has 5 nitrogen and oxygen atoms in total. The second kappa shape index (κ2) is 8.43. The van der Waals surface area contributed by atoms with E-state index in [1.54, 1.807) is 6.07 Å². The van der Waals surface area contributed by atoms with Gasteiger partial charge in [-0.25, -0.2) is 4.98 Å². The number of rotatable bonds is 5. The van der Waals surface area contributed by atoms with Crippen LogP contribution in [0.4, 0.5) is 0 Å². The van der Waals surface area contributed by atoms with Crippen LogP contribution in [-0.2, 0) is 13.0 Å². The number of halogens is 1. The van der Waals surface area contributed by atoms with E-state index in [2.05, 4.69) is 29.2 Å². The van der Waals surface area contributed by atoms with Crippen LogP contribution in [0.2, 0.25) is 5.02 Å². The number of aromatic nitrogens is 2. The van der Waals surface area contributed by atoms with Gasteiger partial charge < -0.3 is 5.73 Å². The van der Waals surface area contributed by atoms with Crippen LogP contribution in [0.25, 0.3) is 10.9 Å². The first-order valence-corrected chi connectivity index (χ1v) is 10.2. The van der Waals surface area contributed by atoms with Crippen molar-refractivity contribution in [1.29, 1.82) is 0 Å². The fourth-order valence-corrected chi connectivity index (χ4v) is 4.36. The molecule has 1 aromatic heterocycles. The van der Waals surface area contributed by atoms with E-state index in [0.717, 1.165) is 38.3 Å². The average molecular weight is 397 g/mol. The molecule has 4 rings (SSSR count). The largest absolute Gasteiger partial charge is 0.330 e. The topological polar surface area (TPSA) is 64.1 Å². The van der Waals surface area contributed by atoms with E-state index < -0.39 is 0 Å². The number of nitrogens with two attached hydrogens (primary N) is 1. The van der Waals surface area contributed by atoms with Gasteiger partial charge in [0.05, 0.1) is 15.9 Å². The van der Waals surface area contributed by atoms with Gasteiger partial charge in [-0.1, -0.05) is 48.0 Å². The van der Waals surface area contributed by atoms with Crippen molar-refractivity contribution in [2.24, 2.45) is 5.73 Å². The van der Waals surface area contributed by atoms with Gasteiger partial charge in [0.25, 0.3) is 5.56 Å². The van der Waals surface area contributed by atoms with E-state index in [-0.39, 0.29) is 11.6 Å². The van der Waals surface area contributed by atoms with Gasteiger partial charge in [-0.3, -0.25) is 14.3 Å². The maximum atomic E-state index is 13.3. The lowest BCUT2D eigenvalue weighted by Gasteiger charge is -2.34. The lowest BCUT2D eigenvalue weighted by molar-refractivity contribution is 0.176. The number of piperidine rings is 1. The predicted octanol–water partition coefficient (Wildman–Crippen LogP) is 3.39.